The van der Waals surface area contributed by atoms with Crippen LogP contribution in [0.15, 0.2) is 58.3 Å². The molecule has 1 aliphatic heterocycles. The Morgan fingerprint density at radius 1 is 1.06 bits per heavy atom. The van der Waals surface area contributed by atoms with Crippen molar-refractivity contribution >= 4 is 35.3 Å². The molecule has 2 aromatic rings. The maximum atomic E-state index is 12.7. The zero-order valence-corrected chi connectivity index (χ0v) is 20.2. The molecule has 3 rings (SSSR count). The molecule has 1 aliphatic rings. The Morgan fingerprint density at radius 2 is 1.75 bits per heavy atom. The van der Waals surface area contributed by atoms with Gasteiger partial charge >= 0.3 is 0 Å². The molecule has 0 saturated heterocycles. The predicted octanol–water partition coefficient (Wildman–Crippen LogP) is 5.12. The van der Waals surface area contributed by atoms with Gasteiger partial charge in [-0.2, -0.15) is 0 Å². The average molecular weight is 452 g/mol. The molecule has 0 aromatic heterocycles. The standard InChI is InChI=1S/C26H33N3O2S/c1-18(2)16-29(17-19(3)4)13-12-27-25(30)21-10-11-23-22(15-21)28-26(31)24(32-23)14-20-8-6-5-7-9-20/h5-11,14-15,18-19H,12-13,16-17H2,1-4H3,(H,27,30)(H,28,31)/b24-14-. The van der Waals surface area contributed by atoms with Gasteiger partial charge in [-0.15, -0.1) is 0 Å². The summed E-state index contributed by atoms with van der Waals surface area (Å²) in [4.78, 5) is 29.2. The van der Waals surface area contributed by atoms with Gasteiger partial charge in [0.25, 0.3) is 11.8 Å². The SMILES string of the molecule is CC(C)CN(CCNC(=O)c1ccc2c(c1)NC(=O)/C(=C/c1ccccc1)S2)CC(C)C. The van der Waals surface area contributed by atoms with Gasteiger partial charge in [0, 0.05) is 36.6 Å². The molecule has 0 unspecified atom stereocenters. The third-order valence-corrected chi connectivity index (χ3v) is 6.09. The number of fused-ring (bicyclic) bond motifs is 1. The molecule has 0 fully saturated rings. The van der Waals surface area contributed by atoms with Gasteiger partial charge in [-0.05, 0) is 41.7 Å². The highest BCUT2D eigenvalue weighted by Crippen LogP contribution is 2.39. The van der Waals surface area contributed by atoms with E-state index in [9.17, 15) is 9.59 Å². The number of rotatable bonds is 9. The summed E-state index contributed by atoms with van der Waals surface area (Å²) in [6.45, 7) is 12.3. The minimum absolute atomic E-state index is 0.119. The normalized spacial score (nSPS) is 14.7. The molecular weight excluding hydrogens is 418 g/mol. The number of nitrogens with one attached hydrogen (secondary N) is 2. The van der Waals surface area contributed by atoms with Crippen LogP contribution in [0, 0.1) is 11.8 Å². The lowest BCUT2D eigenvalue weighted by Gasteiger charge is -2.26. The fourth-order valence-corrected chi connectivity index (χ4v) is 4.65. The van der Waals surface area contributed by atoms with Crippen molar-refractivity contribution in [3.05, 3.63) is 64.6 Å². The van der Waals surface area contributed by atoms with E-state index in [1.807, 2.05) is 48.5 Å². The van der Waals surface area contributed by atoms with Crippen molar-refractivity contribution in [3.63, 3.8) is 0 Å². The second-order valence-corrected chi connectivity index (χ2v) is 10.1. The summed E-state index contributed by atoms with van der Waals surface area (Å²) in [5, 5.41) is 5.95. The van der Waals surface area contributed by atoms with Gasteiger partial charge in [-0.1, -0.05) is 69.8 Å². The minimum atomic E-state index is -0.151. The Bertz CT molecular complexity index is 960. The average Bonchev–Trinajstić information content (AvgIpc) is 2.73. The number of carbonyl (C=O) groups is 2. The highest BCUT2D eigenvalue weighted by molar-refractivity contribution is 8.04. The van der Waals surface area contributed by atoms with Gasteiger partial charge in [0.1, 0.15) is 0 Å². The van der Waals surface area contributed by atoms with Crippen LogP contribution in [0.5, 0.6) is 0 Å². The van der Waals surface area contributed by atoms with E-state index in [4.69, 9.17) is 0 Å². The van der Waals surface area contributed by atoms with Crippen molar-refractivity contribution in [2.75, 3.05) is 31.5 Å². The molecule has 2 aromatic carbocycles. The van der Waals surface area contributed by atoms with Crippen molar-refractivity contribution in [3.8, 4) is 0 Å². The van der Waals surface area contributed by atoms with Crippen molar-refractivity contribution in [2.45, 2.75) is 32.6 Å². The first-order chi connectivity index (χ1) is 15.3. The van der Waals surface area contributed by atoms with Crippen molar-refractivity contribution in [2.24, 2.45) is 11.8 Å². The van der Waals surface area contributed by atoms with E-state index < -0.39 is 0 Å². The first-order valence-corrected chi connectivity index (χ1v) is 12.0. The highest BCUT2D eigenvalue weighted by Gasteiger charge is 2.22. The molecule has 32 heavy (non-hydrogen) atoms. The zero-order chi connectivity index (χ0) is 23.1. The van der Waals surface area contributed by atoms with Crippen LogP contribution in [0.4, 0.5) is 5.69 Å². The Morgan fingerprint density at radius 3 is 2.41 bits per heavy atom. The maximum Gasteiger partial charge on any atom is 0.262 e. The van der Waals surface area contributed by atoms with Crippen LogP contribution in [0.3, 0.4) is 0 Å². The second kappa shape index (κ2) is 11.3. The summed E-state index contributed by atoms with van der Waals surface area (Å²) in [7, 11) is 0. The summed E-state index contributed by atoms with van der Waals surface area (Å²) >= 11 is 1.42. The van der Waals surface area contributed by atoms with Crippen LogP contribution in [-0.4, -0.2) is 42.9 Å². The highest BCUT2D eigenvalue weighted by atomic mass is 32.2. The fourth-order valence-electron chi connectivity index (χ4n) is 3.72. The lowest BCUT2D eigenvalue weighted by atomic mass is 10.1. The monoisotopic (exact) mass is 451 g/mol. The molecule has 0 atom stereocenters. The summed E-state index contributed by atoms with van der Waals surface area (Å²) in [6.07, 6.45) is 1.88. The van der Waals surface area contributed by atoms with E-state index in [0.29, 0.717) is 34.5 Å². The Kier molecular flexibility index (Phi) is 8.53. The van der Waals surface area contributed by atoms with E-state index in [1.54, 1.807) is 6.07 Å². The third kappa shape index (κ3) is 6.97. The van der Waals surface area contributed by atoms with Gasteiger partial charge in [-0.25, -0.2) is 0 Å². The lowest BCUT2D eigenvalue weighted by Crippen LogP contribution is -2.38. The van der Waals surface area contributed by atoms with E-state index in [2.05, 4.69) is 43.2 Å². The smallest absolute Gasteiger partial charge is 0.262 e. The molecule has 0 bridgehead atoms. The maximum absolute atomic E-state index is 12.7. The van der Waals surface area contributed by atoms with Crippen molar-refractivity contribution in [1.82, 2.24) is 10.2 Å². The molecule has 2 amide bonds. The van der Waals surface area contributed by atoms with Crippen LogP contribution in [-0.2, 0) is 4.79 Å². The number of hydrogen-bond acceptors (Lipinski definition) is 4. The van der Waals surface area contributed by atoms with Gasteiger partial charge in [0.15, 0.2) is 0 Å². The number of benzene rings is 2. The molecule has 0 saturated carbocycles. The zero-order valence-electron chi connectivity index (χ0n) is 19.4. The van der Waals surface area contributed by atoms with Gasteiger partial charge in [-0.3, -0.25) is 9.59 Å². The summed E-state index contributed by atoms with van der Waals surface area (Å²) in [5.41, 5.74) is 2.21. The first kappa shape index (κ1) is 24.1. The van der Waals surface area contributed by atoms with E-state index in [0.717, 1.165) is 30.1 Å². The van der Waals surface area contributed by atoms with E-state index in [-0.39, 0.29) is 11.8 Å². The first-order valence-electron chi connectivity index (χ1n) is 11.2. The van der Waals surface area contributed by atoms with Gasteiger partial charge < -0.3 is 15.5 Å². The van der Waals surface area contributed by atoms with Gasteiger partial charge in [0.2, 0.25) is 0 Å². The molecule has 2 N–H and O–H groups in total. The van der Waals surface area contributed by atoms with Crippen LogP contribution < -0.4 is 10.6 Å². The van der Waals surface area contributed by atoms with Crippen LogP contribution >= 0.6 is 11.8 Å². The number of amides is 2. The molecule has 1 heterocycles. The molecular formula is C26H33N3O2S. The lowest BCUT2D eigenvalue weighted by molar-refractivity contribution is -0.112. The van der Waals surface area contributed by atoms with Crippen LogP contribution in [0.25, 0.3) is 6.08 Å². The predicted molar refractivity (Wildman–Crippen MR) is 134 cm³/mol. The number of thioether (sulfide) groups is 1. The van der Waals surface area contributed by atoms with Gasteiger partial charge in [0.05, 0.1) is 10.6 Å². The van der Waals surface area contributed by atoms with Crippen LogP contribution in [0.1, 0.15) is 43.6 Å². The number of carbonyl (C=O) groups excluding carboxylic acids is 2. The summed E-state index contributed by atoms with van der Waals surface area (Å²) in [5.74, 6) is 0.910. The van der Waals surface area contributed by atoms with E-state index >= 15 is 0 Å². The molecule has 6 heteroatoms. The number of hydrogen-bond donors (Lipinski definition) is 2. The quantitative estimate of drug-likeness (QED) is 0.520. The third-order valence-electron chi connectivity index (χ3n) is 4.99. The van der Waals surface area contributed by atoms with Crippen molar-refractivity contribution < 1.29 is 9.59 Å². The topological polar surface area (TPSA) is 61.4 Å². The Hall–Kier alpha value is -2.57. The van der Waals surface area contributed by atoms with Crippen LogP contribution in [0.2, 0.25) is 0 Å². The summed E-state index contributed by atoms with van der Waals surface area (Å²) < 4.78 is 0. The second-order valence-electron chi connectivity index (χ2n) is 8.99. The fraction of sp³-hybridized carbons (Fsp3) is 0.385. The molecule has 0 aliphatic carbocycles. The van der Waals surface area contributed by atoms with Crippen molar-refractivity contribution in [1.29, 1.82) is 0 Å². The molecule has 0 spiro atoms. The number of anilines is 1. The Labute approximate surface area is 195 Å². The minimum Gasteiger partial charge on any atom is -0.351 e. The number of nitrogens with zero attached hydrogens (tertiary/aromatic N) is 1. The largest absolute Gasteiger partial charge is 0.351 e. The molecule has 5 nitrogen and oxygen atoms in total. The summed E-state index contributed by atoms with van der Waals surface area (Å²) in [6, 6.07) is 15.2. The Balaban J connectivity index is 1.61. The van der Waals surface area contributed by atoms with E-state index in [1.165, 1.54) is 11.8 Å². The molecule has 0 radical (unpaired) electrons. The molecule has 170 valence electrons.